The number of alkyl halides is 1. The molecule has 104 valence electrons. The fraction of sp³-hybridized carbons (Fsp3) is 0.571. The van der Waals surface area contributed by atoms with Crippen molar-refractivity contribution in [2.24, 2.45) is 11.8 Å². The molecule has 2 aliphatic carbocycles. The van der Waals surface area contributed by atoms with Gasteiger partial charge in [0.25, 0.3) is 10.1 Å². The summed E-state index contributed by atoms with van der Waals surface area (Å²) in [4.78, 5) is 0.229. The molecular formula is C14H17ClO3S. The van der Waals surface area contributed by atoms with Crippen LogP contribution in [0, 0.1) is 18.8 Å². The standard InChI is InChI=1S/C14H17ClO3S/c1-9-2-5-11(6-3-9)19(16,17)18-13-8-10-4-7-12(13)14(10)15/h2-3,5-6,10,12-14H,4,7-8H2,1H3/t10-,12-,13+,14-/m1/s1. The summed E-state index contributed by atoms with van der Waals surface area (Å²) < 4.78 is 29.9. The van der Waals surface area contributed by atoms with Crippen LogP contribution in [0.5, 0.6) is 0 Å². The van der Waals surface area contributed by atoms with Crippen molar-refractivity contribution in [3.05, 3.63) is 29.8 Å². The molecule has 3 nitrogen and oxygen atoms in total. The maximum Gasteiger partial charge on any atom is 0.297 e. The first-order chi connectivity index (χ1) is 8.97. The Morgan fingerprint density at radius 1 is 1.21 bits per heavy atom. The molecule has 0 unspecified atom stereocenters. The van der Waals surface area contributed by atoms with Crippen LogP contribution in [0.25, 0.3) is 0 Å². The van der Waals surface area contributed by atoms with Crippen molar-refractivity contribution in [1.29, 1.82) is 0 Å². The lowest BCUT2D eigenvalue weighted by atomic mass is 9.98. The molecule has 5 heteroatoms. The van der Waals surface area contributed by atoms with Crippen LogP contribution in [0.4, 0.5) is 0 Å². The molecule has 0 radical (unpaired) electrons. The SMILES string of the molecule is Cc1ccc(S(=O)(=O)O[C@H]2C[C@H]3CC[C@H]2[C@@H]3Cl)cc1. The van der Waals surface area contributed by atoms with E-state index in [2.05, 4.69) is 0 Å². The summed E-state index contributed by atoms with van der Waals surface area (Å²) in [6.45, 7) is 1.92. The van der Waals surface area contributed by atoms with Gasteiger partial charge in [0.05, 0.1) is 11.0 Å². The third kappa shape index (κ3) is 2.41. The van der Waals surface area contributed by atoms with Crippen LogP contribution in [0.3, 0.4) is 0 Å². The van der Waals surface area contributed by atoms with Crippen LogP contribution in [-0.2, 0) is 14.3 Å². The molecule has 1 aromatic rings. The zero-order valence-corrected chi connectivity index (χ0v) is 12.3. The third-order valence-corrected chi connectivity index (χ3v) is 6.33. The van der Waals surface area contributed by atoms with Gasteiger partial charge in [-0.25, -0.2) is 0 Å². The van der Waals surface area contributed by atoms with Gasteiger partial charge >= 0.3 is 0 Å². The van der Waals surface area contributed by atoms with Gasteiger partial charge in [-0.1, -0.05) is 17.7 Å². The minimum absolute atomic E-state index is 0.0817. The lowest BCUT2D eigenvalue weighted by Gasteiger charge is -2.21. The van der Waals surface area contributed by atoms with E-state index in [-0.39, 0.29) is 22.3 Å². The van der Waals surface area contributed by atoms with Crippen molar-refractivity contribution in [3.8, 4) is 0 Å². The zero-order chi connectivity index (χ0) is 13.6. The Hall–Kier alpha value is -0.580. The zero-order valence-electron chi connectivity index (χ0n) is 10.8. The van der Waals surface area contributed by atoms with E-state index in [4.69, 9.17) is 15.8 Å². The molecule has 3 rings (SSSR count). The summed E-state index contributed by atoms with van der Waals surface area (Å²) in [6, 6.07) is 6.74. The maximum absolute atomic E-state index is 12.2. The van der Waals surface area contributed by atoms with Gasteiger partial charge in [-0.15, -0.1) is 11.6 Å². The van der Waals surface area contributed by atoms with Crippen LogP contribution < -0.4 is 0 Å². The molecule has 2 saturated carbocycles. The van der Waals surface area contributed by atoms with Crippen LogP contribution in [-0.4, -0.2) is 19.9 Å². The number of benzene rings is 1. The number of halogens is 1. The van der Waals surface area contributed by atoms with Crippen LogP contribution in [0.15, 0.2) is 29.2 Å². The van der Waals surface area contributed by atoms with Crippen molar-refractivity contribution in [1.82, 2.24) is 0 Å². The molecule has 19 heavy (non-hydrogen) atoms. The summed E-state index contributed by atoms with van der Waals surface area (Å²) in [7, 11) is -3.66. The predicted octanol–water partition coefficient (Wildman–Crippen LogP) is 3.11. The maximum atomic E-state index is 12.2. The molecule has 2 bridgehead atoms. The topological polar surface area (TPSA) is 43.4 Å². The number of hydrogen-bond acceptors (Lipinski definition) is 3. The van der Waals surface area contributed by atoms with E-state index in [1.54, 1.807) is 24.3 Å². The van der Waals surface area contributed by atoms with Gasteiger partial charge in [0.2, 0.25) is 0 Å². The number of hydrogen-bond donors (Lipinski definition) is 0. The van der Waals surface area contributed by atoms with E-state index in [1.165, 1.54) is 0 Å². The molecule has 0 spiro atoms. The third-order valence-electron chi connectivity index (χ3n) is 4.30. The highest BCUT2D eigenvalue weighted by molar-refractivity contribution is 7.86. The Bertz CT molecular complexity index is 567. The van der Waals surface area contributed by atoms with Crippen molar-refractivity contribution in [2.45, 2.75) is 42.6 Å². The van der Waals surface area contributed by atoms with E-state index >= 15 is 0 Å². The average Bonchev–Trinajstić information content (AvgIpc) is 2.84. The van der Waals surface area contributed by atoms with Crippen molar-refractivity contribution >= 4 is 21.7 Å². The first-order valence-electron chi connectivity index (χ1n) is 6.61. The Morgan fingerprint density at radius 2 is 1.89 bits per heavy atom. The molecule has 0 aromatic heterocycles. The monoisotopic (exact) mass is 300 g/mol. The first-order valence-corrected chi connectivity index (χ1v) is 8.46. The summed E-state index contributed by atoms with van der Waals surface area (Å²) in [6.07, 6.45) is 2.60. The fourth-order valence-corrected chi connectivity index (χ4v) is 4.86. The summed E-state index contributed by atoms with van der Waals surface area (Å²) in [5.74, 6) is 0.608. The van der Waals surface area contributed by atoms with Crippen LogP contribution in [0.2, 0.25) is 0 Å². The van der Waals surface area contributed by atoms with E-state index in [9.17, 15) is 8.42 Å². The van der Waals surface area contributed by atoms with Gasteiger partial charge in [-0.3, -0.25) is 4.18 Å². The number of fused-ring (bicyclic) bond motifs is 2. The molecular weight excluding hydrogens is 284 g/mol. The van der Waals surface area contributed by atoms with E-state index in [0.717, 1.165) is 24.8 Å². The molecule has 0 amide bonds. The highest BCUT2D eigenvalue weighted by Gasteiger charge is 2.49. The Labute approximate surface area is 119 Å². The minimum atomic E-state index is -3.66. The molecule has 4 atom stereocenters. The fourth-order valence-electron chi connectivity index (χ4n) is 3.22. The van der Waals surface area contributed by atoms with Gasteiger partial charge in [-0.2, -0.15) is 8.42 Å². The minimum Gasteiger partial charge on any atom is -0.263 e. The summed E-state index contributed by atoms with van der Waals surface area (Å²) >= 11 is 6.29. The average molecular weight is 301 g/mol. The van der Waals surface area contributed by atoms with Gasteiger partial charge < -0.3 is 0 Å². The molecule has 0 N–H and O–H groups in total. The number of rotatable bonds is 3. The second-order valence-corrected chi connectivity index (χ2v) is 7.66. The number of aryl methyl sites for hydroxylation is 1. The molecule has 1 aromatic carbocycles. The largest absolute Gasteiger partial charge is 0.297 e. The van der Waals surface area contributed by atoms with E-state index in [0.29, 0.717) is 5.92 Å². The van der Waals surface area contributed by atoms with Gasteiger partial charge in [0.15, 0.2) is 0 Å². The second kappa shape index (κ2) is 4.76. The summed E-state index contributed by atoms with van der Waals surface area (Å²) in [5, 5.41) is 0.0817. The van der Waals surface area contributed by atoms with Crippen molar-refractivity contribution < 1.29 is 12.6 Å². The lowest BCUT2D eigenvalue weighted by molar-refractivity contribution is 0.146. The van der Waals surface area contributed by atoms with E-state index < -0.39 is 10.1 Å². The second-order valence-electron chi connectivity index (χ2n) is 5.58. The highest BCUT2D eigenvalue weighted by Crippen LogP contribution is 2.49. The van der Waals surface area contributed by atoms with E-state index in [1.807, 2.05) is 6.92 Å². The molecule has 0 aliphatic heterocycles. The Morgan fingerprint density at radius 3 is 2.42 bits per heavy atom. The van der Waals surface area contributed by atoms with Gasteiger partial charge in [0.1, 0.15) is 0 Å². The molecule has 2 aliphatic rings. The Kier molecular flexibility index (Phi) is 3.36. The van der Waals surface area contributed by atoms with Gasteiger partial charge in [-0.05, 0) is 44.2 Å². The van der Waals surface area contributed by atoms with Crippen molar-refractivity contribution in [2.75, 3.05) is 0 Å². The quantitative estimate of drug-likeness (QED) is 0.636. The molecule has 2 fully saturated rings. The van der Waals surface area contributed by atoms with Crippen molar-refractivity contribution in [3.63, 3.8) is 0 Å². The smallest absolute Gasteiger partial charge is 0.263 e. The highest BCUT2D eigenvalue weighted by atomic mass is 35.5. The van der Waals surface area contributed by atoms with Gasteiger partial charge in [0, 0.05) is 11.3 Å². The van der Waals surface area contributed by atoms with Crippen LogP contribution in [0.1, 0.15) is 24.8 Å². The molecule has 0 saturated heterocycles. The lowest BCUT2D eigenvalue weighted by Crippen LogP contribution is -2.25. The normalized spacial score (nSPS) is 33.8. The Balaban J connectivity index is 1.78. The molecule has 0 heterocycles. The summed E-state index contributed by atoms with van der Waals surface area (Å²) in [5.41, 5.74) is 1.03. The first kappa shape index (κ1) is 13.4. The van der Waals surface area contributed by atoms with Crippen LogP contribution >= 0.6 is 11.6 Å². The predicted molar refractivity (Wildman–Crippen MR) is 73.7 cm³/mol.